The van der Waals surface area contributed by atoms with Crippen molar-refractivity contribution >= 4 is 29.3 Å². The summed E-state index contributed by atoms with van der Waals surface area (Å²) in [4.78, 5) is 31.1. The van der Waals surface area contributed by atoms with Crippen molar-refractivity contribution in [1.82, 2.24) is 15.3 Å². The molecule has 0 fully saturated rings. The van der Waals surface area contributed by atoms with Crippen LogP contribution in [0.3, 0.4) is 0 Å². The summed E-state index contributed by atoms with van der Waals surface area (Å²) < 4.78 is 37.4. The summed E-state index contributed by atoms with van der Waals surface area (Å²) in [6.07, 6.45) is -4.57. The lowest BCUT2D eigenvalue weighted by Gasteiger charge is -2.20. The molecule has 220 valence electrons. The second-order valence-electron chi connectivity index (χ2n) is 8.85. The molecule has 0 bridgehead atoms. The molecule has 0 aliphatic carbocycles. The number of rotatable bonds is 11. The molecule has 0 unspecified atom stereocenters. The Morgan fingerprint density at radius 3 is 2.07 bits per heavy atom. The molecule has 1 amide bonds. The lowest BCUT2D eigenvalue weighted by atomic mass is 10.1. The van der Waals surface area contributed by atoms with Gasteiger partial charge in [-0.1, -0.05) is 66.7 Å². The number of anilines is 3. The maximum atomic E-state index is 13.1. The van der Waals surface area contributed by atoms with Gasteiger partial charge in [0, 0.05) is 23.9 Å². The number of carbonyl (C=O) groups is 2. The van der Waals surface area contributed by atoms with Gasteiger partial charge in [0.05, 0.1) is 6.54 Å². The van der Waals surface area contributed by atoms with Crippen molar-refractivity contribution in [2.24, 2.45) is 0 Å². The highest BCUT2D eigenvalue weighted by molar-refractivity contribution is 5.84. The van der Waals surface area contributed by atoms with Crippen LogP contribution in [0.25, 0.3) is 0 Å². The summed E-state index contributed by atoms with van der Waals surface area (Å²) in [7, 11) is 0. The number of aryl methyl sites for hydroxylation is 1. The lowest BCUT2D eigenvalue weighted by molar-refractivity contribution is -0.192. The molecule has 3 aromatic carbocycles. The lowest BCUT2D eigenvalue weighted by Crippen LogP contribution is -2.42. The van der Waals surface area contributed by atoms with Gasteiger partial charge in [-0.25, -0.2) is 9.78 Å². The Bertz CT molecular complexity index is 1410. The van der Waals surface area contributed by atoms with E-state index in [1.807, 2.05) is 104 Å². The van der Waals surface area contributed by atoms with Gasteiger partial charge in [0.2, 0.25) is 11.9 Å². The third-order valence-electron chi connectivity index (χ3n) is 5.46. The monoisotopic (exact) mass is 581 g/mol. The first kappa shape index (κ1) is 31.4. The summed E-state index contributed by atoms with van der Waals surface area (Å²) in [6.45, 7) is 2.67. The number of ether oxygens (including phenoxy) is 1. The number of carboxylic acid groups (broad SMARTS) is 1. The number of aromatic nitrogens is 2. The molecule has 0 aliphatic heterocycles. The molecule has 1 heterocycles. The van der Waals surface area contributed by atoms with Crippen molar-refractivity contribution in [3.8, 4) is 5.75 Å². The number of hydrogen-bond donors (Lipinski definition) is 4. The van der Waals surface area contributed by atoms with E-state index in [1.165, 1.54) is 0 Å². The molecule has 4 rings (SSSR count). The fraction of sp³-hybridized carbons (Fsp3) is 0.200. The van der Waals surface area contributed by atoms with E-state index in [9.17, 15) is 18.0 Å². The first-order chi connectivity index (χ1) is 20.1. The van der Waals surface area contributed by atoms with E-state index >= 15 is 0 Å². The van der Waals surface area contributed by atoms with Crippen LogP contribution in [0.2, 0.25) is 0 Å². The zero-order valence-electron chi connectivity index (χ0n) is 22.6. The van der Waals surface area contributed by atoms with E-state index in [1.54, 1.807) is 0 Å². The number of alkyl halides is 3. The van der Waals surface area contributed by atoms with Crippen LogP contribution in [0.5, 0.6) is 5.75 Å². The summed E-state index contributed by atoms with van der Waals surface area (Å²) in [5.74, 6) is -1.07. The zero-order valence-corrected chi connectivity index (χ0v) is 22.6. The molecule has 0 saturated heterocycles. The number of nitrogens with zero attached hydrogens (tertiary/aromatic N) is 2. The highest BCUT2D eigenvalue weighted by atomic mass is 19.4. The summed E-state index contributed by atoms with van der Waals surface area (Å²) in [5, 5.41) is 16.6. The Morgan fingerprint density at radius 1 is 0.905 bits per heavy atom. The summed E-state index contributed by atoms with van der Waals surface area (Å²) in [5.41, 5.74) is 2.73. The van der Waals surface area contributed by atoms with Crippen LogP contribution in [-0.4, -0.2) is 52.3 Å². The average molecular weight is 582 g/mol. The number of aliphatic carboxylic acids is 1. The normalized spacial score (nSPS) is 11.3. The predicted molar refractivity (Wildman–Crippen MR) is 153 cm³/mol. The molecule has 4 aromatic rings. The highest BCUT2D eigenvalue weighted by Gasteiger charge is 2.38. The highest BCUT2D eigenvalue weighted by Crippen LogP contribution is 2.17. The number of carbonyl (C=O) groups excluding carboxylic acids is 1. The Kier molecular flexibility index (Phi) is 11.7. The number of para-hydroxylation sites is 2. The van der Waals surface area contributed by atoms with Crippen molar-refractivity contribution < 1.29 is 32.6 Å². The molecule has 42 heavy (non-hydrogen) atoms. The van der Waals surface area contributed by atoms with Gasteiger partial charge in [0.1, 0.15) is 24.2 Å². The van der Waals surface area contributed by atoms with Crippen molar-refractivity contribution in [3.05, 3.63) is 108 Å². The van der Waals surface area contributed by atoms with Crippen molar-refractivity contribution in [3.63, 3.8) is 0 Å². The number of benzene rings is 3. The molecule has 12 heteroatoms. The fourth-order valence-electron chi connectivity index (χ4n) is 3.57. The first-order valence-corrected chi connectivity index (χ1v) is 12.8. The standard InChI is InChI=1S/C28H29N5O2.C2HF3O2/c1-21-19-26(33-28(30-21)31-23-13-7-3-8-14-23)32-25(20-22-11-5-2-6-12-22)27(34)29-17-18-35-24-15-9-4-10-16-24;3-2(4,5)1(6)7/h2-16,19,25H,17-18,20H2,1H3,(H,29,34)(H2,30,31,32,33);(H,6,7)/t25-;/m0./s1. The summed E-state index contributed by atoms with van der Waals surface area (Å²) in [6, 6.07) is 30.5. The molecule has 1 atom stereocenters. The van der Waals surface area contributed by atoms with Gasteiger partial charge in [-0.05, 0) is 36.8 Å². The third kappa shape index (κ3) is 11.2. The Balaban J connectivity index is 0.000000616. The molecular formula is C30H30F3N5O4. The van der Waals surface area contributed by atoms with E-state index in [0.717, 1.165) is 22.7 Å². The summed E-state index contributed by atoms with van der Waals surface area (Å²) >= 11 is 0. The third-order valence-corrected chi connectivity index (χ3v) is 5.46. The minimum Gasteiger partial charge on any atom is -0.492 e. The van der Waals surface area contributed by atoms with Gasteiger partial charge in [0.15, 0.2) is 0 Å². The second-order valence-corrected chi connectivity index (χ2v) is 8.85. The van der Waals surface area contributed by atoms with Gasteiger partial charge in [-0.3, -0.25) is 4.79 Å². The van der Waals surface area contributed by atoms with Crippen molar-refractivity contribution in [1.29, 1.82) is 0 Å². The first-order valence-electron chi connectivity index (χ1n) is 12.8. The number of carboxylic acids is 1. The van der Waals surface area contributed by atoms with Gasteiger partial charge in [-0.15, -0.1) is 0 Å². The predicted octanol–water partition coefficient (Wildman–Crippen LogP) is 5.38. The quantitative estimate of drug-likeness (QED) is 0.174. The van der Waals surface area contributed by atoms with E-state index in [2.05, 4.69) is 25.9 Å². The van der Waals surface area contributed by atoms with Gasteiger partial charge >= 0.3 is 12.1 Å². The van der Waals surface area contributed by atoms with E-state index in [-0.39, 0.29) is 5.91 Å². The second kappa shape index (κ2) is 15.6. The van der Waals surface area contributed by atoms with Gasteiger partial charge < -0.3 is 25.8 Å². The molecule has 1 aromatic heterocycles. The van der Waals surface area contributed by atoms with Crippen LogP contribution in [0, 0.1) is 6.92 Å². The van der Waals surface area contributed by atoms with Crippen molar-refractivity contribution in [2.45, 2.75) is 25.6 Å². The van der Waals surface area contributed by atoms with Gasteiger partial charge in [0.25, 0.3) is 0 Å². The minimum absolute atomic E-state index is 0.126. The molecule has 0 spiro atoms. The molecule has 0 saturated carbocycles. The Morgan fingerprint density at radius 2 is 1.48 bits per heavy atom. The van der Waals surface area contributed by atoms with Crippen LogP contribution in [0.1, 0.15) is 11.3 Å². The minimum atomic E-state index is -5.08. The maximum absolute atomic E-state index is 13.1. The van der Waals surface area contributed by atoms with E-state index in [4.69, 9.17) is 14.6 Å². The zero-order chi connectivity index (χ0) is 30.4. The Hall–Kier alpha value is -5.13. The van der Waals surface area contributed by atoms with E-state index in [0.29, 0.717) is 31.3 Å². The van der Waals surface area contributed by atoms with Gasteiger partial charge in [-0.2, -0.15) is 18.2 Å². The number of halogens is 3. The van der Waals surface area contributed by atoms with Crippen LogP contribution >= 0.6 is 0 Å². The smallest absolute Gasteiger partial charge is 0.490 e. The SMILES string of the molecule is Cc1cc(N[C@@H](Cc2ccccc2)C(=O)NCCOc2ccccc2)nc(Nc2ccccc2)n1.O=C(O)C(F)(F)F. The van der Waals surface area contributed by atoms with E-state index < -0.39 is 18.2 Å². The molecule has 9 nitrogen and oxygen atoms in total. The molecule has 0 radical (unpaired) electrons. The molecular weight excluding hydrogens is 551 g/mol. The number of nitrogens with one attached hydrogen (secondary N) is 3. The fourth-order valence-corrected chi connectivity index (χ4v) is 3.57. The maximum Gasteiger partial charge on any atom is 0.490 e. The Labute approximate surface area is 240 Å². The molecule has 4 N–H and O–H groups in total. The number of hydrogen-bond acceptors (Lipinski definition) is 7. The van der Waals surface area contributed by atoms with Crippen LogP contribution in [0.15, 0.2) is 97.1 Å². The van der Waals surface area contributed by atoms with Crippen LogP contribution in [-0.2, 0) is 16.0 Å². The largest absolute Gasteiger partial charge is 0.492 e. The van der Waals surface area contributed by atoms with Crippen molar-refractivity contribution in [2.75, 3.05) is 23.8 Å². The number of amides is 1. The van der Waals surface area contributed by atoms with Crippen LogP contribution < -0.4 is 20.7 Å². The molecule has 0 aliphatic rings. The topological polar surface area (TPSA) is 125 Å². The van der Waals surface area contributed by atoms with Crippen LogP contribution in [0.4, 0.5) is 30.6 Å². The average Bonchev–Trinajstić information content (AvgIpc) is 2.96.